The number of sulfone groups is 1. The Morgan fingerprint density at radius 1 is 1.00 bits per heavy atom. The Labute approximate surface area is 220 Å². The second kappa shape index (κ2) is 11.8. The molecule has 4 rings (SSSR count). The molecule has 3 aromatic rings. The van der Waals surface area contributed by atoms with Crippen LogP contribution in [0.4, 0.5) is 5.69 Å². The Morgan fingerprint density at radius 3 is 2.35 bits per heavy atom. The Hall–Kier alpha value is -3.39. The van der Waals surface area contributed by atoms with E-state index in [0.29, 0.717) is 42.9 Å². The van der Waals surface area contributed by atoms with E-state index in [-0.39, 0.29) is 16.7 Å². The van der Waals surface area contributed by atoms with Gasteiger partial charge in [-0.05, 0) is 54.7 Å². The van der Waals surface area contributed by atoms with E-state index in [1.165, 1.54) is 17.8 Å². The van der Waals surface area contributed by atoms with Gasteiger partial charge in [0.1, 0.15) is 5.75 Å². The summed E-state index contributed by atoms with van der Waals surface area (Å²) < 4.78 is 31.8. The molecule has 196 valence electrons. The molecule has 0 unspecified atom stereocenters. The van der Waals surface area contributed by atoms with E-state index in [1.807, 2.05) is 48.5 Å². The van der Waals surface area contributed by atoms with Crippen molar-refractivity contribution in [2.24, 2.45) is 0 Å². The number of benzene rings is 2. The third kappa shape index (κ3) is 6.31. The summed E-state index contributed by atoms with van der Waals surface area (Å²) in [4.78, 5) is 21.6. The molecule has 0 radical (unpaired) electrons. The first-order valence-corrected chi connectivity index (χ1v) is 14.4. The fourth-order valence-corrected chi connectivity index (χ4v) is 5.88. The highest BCUT2D eigenvalue weighted by Crippen LogP contribution is 2.29. The monoisotopic (exact) mass is 521 g/mol. The minimum absolute atomic E-state index is 0.0656. The van der Waals surface area contributed by atoms with Crippen LogP contribution in [0.1, 0.15) is 46.8 Å². The summed E-state index contributed by atoms with van der Waals surface area (Å²) in [7, 11) is -2.05. The van der Waals surface area contributed by atoms with Gasteiger partial charge in [-0.2, -0.15) is 0 Å². The first kappa shape index (κ1) is 26.7. The number of carbonyl (C=O) groups is 1. The smallest absolute Gasteiger partial charge is 0.254 e. The molecule has 0 atom stereocenters. The second-order valence-corrected chi connectivity index (χ2v) is 11.4. The number of hydrogen-bond acceptors (Lipinski definition) is 6. The van der Waals surface area contributed by atoms with E-state index in [9.17, 15) is 13.2 Å². The van der Waals surface area contributed by atoms with Gasteiger partial charge in [-0.1, -0.05) is 49.7 Å². The highest BCUT2D eigenvalue weighted by molar-refractivity contribution is 7.90. The van der Waals surface area contributed by atoms with Gasteiger partial charge in [0, 0.05) is 37.9 Å². The maximum absolute atomic E-state index is 13.4. The molecule has 37 heavy (non-hydrogen) atoms. The van der Waals surface area contributed by atoms with Crippen molar-refractivity contribution >= 4 is 21.4 Å². The summed E-state index contributed by atoms with van der Waals surface area (Å²) in [5.74, 6) is 0.483. The highest BCUT2D eigenvalue weighted by Gasteiger charge is 2.26. The van der Waals surface area contributed by atoms with Gasteiger partial charge in [-0.15, -0.1) is 0 Å². The predicted octanol–water partition coefficient (Wildman–Crippen LogP) is 4.68. The van der Waals surface area contributed by atoms with E-state index in [1.54, 1.807) is 18.9 Å². The number of rotatable bonds is 9. The molecule has 0 spiro atoms. The Morgan fingerprint density at radius 2 is 1.68 bits per heavy atom. The van der Waals surface area contributed by atoms with Crippen molar-refractivity contribution in [3.63, 3.8) is 0 Å². The first-order valence-electron chi connectivity index (χ1n) is 12.8. The van der Waals surface area contributed by atoms with Crippen LogP contribution in [0.15, 0.2) is 65.8 Å². The van der Waals surface area contributed by atoms with Crippen LogP contribution in [0, 0.1) is 6.92 Å². The number of pyridine rings is 1. The lowest BCUT2D eigenvalue weighted by atomic mass is 10.1. The standard InChI is InChI=1S/C29H35N3O4S/c1-4-5-8-23-11-13-24(14-12-23)21-37(34,35)28-19-25(22(2)20-30-28)29(33)32-17-15-31(16-18-32)26-9-6-7-10-27(26)36-3/h6-7,9-14,19-20H,4-5,8,15-18,21H2,1-3H3. The van der Waals surface area contributed by atoms with Crippen LogP contribution in [0.2, 0.25) is 0 Å². The van der Waals surface area contributed by atoms with Gasteiger partial charge in [-0.3, -0.25) is 4.79 Å². The molecule has 8 heteroatoms. The Bertz CT molecular complexity index is 1330. The fraction of sp³-hybridized carbons (Fsp3) is 0.379. The Balaban J connectivity index is 1.46. The zero-order valence-corrected chi connectivity index (χ0v) is 22.6. The SMILES string of the molecule is CCCCc1ccc(CS(=O)(=O)c2cc(C(=O)N3CCN(c4ccccc4OC)CC3)c(C)cn2)cc1. The number of carbonyl (C=O) groups excluding carboxylic acids is 1. The lowest BCUT2D eigenvalue weighted by Gasteiger charge is -2.36. The quantitative estimate of drug-likeness (QED) is 0.407. The van der Waals surface area contributed by atoms with E-state index >= 15 is 0 Å². The van der Waals surface area contributed by atoms with Gasteiger partial charge < -0.3 is 14.5 Å². The van der Waals surface area contributed by atoms with Crippen LogP contribution in [0.3, 0.4) is 0 Å². The average Bonchev–Trinajstić information content (AvgIpc) is 2.92. The Kier molecular flexibility index (Phi) is 8.48. The third-order valence-corrected chi connectivity index (χ3v) is 8.39. The zero-order chi connectivity index (χ0) is 26.4. The minimum Gasteiger partial charge on any atom is -0.495 e. The number of nitrogens with zero attached hydrogens (tertiary/aromatic N) is 3. The molecule has 1 aromatic heterocycles. The second-order valence-electron chi connectivity index (χ2n) is 9.47. The van der Waals surface area contributed by atoms with Crippen molar-refractivity contribution < 1.29 is 17.9 Å². The van der Waals surface area contributed by atoms with Crippen molar-refractivity contribution in [3.8, 4) is 5.75 Å². The minimum atomic E-state index is -3.70. The number of methoxy groups -OCH3 is 1. The molecule has 7 nitrogen and oxygen atoms in total. The number of anilines is 1. The average molecular weight is 522 g/mol. The molecule has 0 aliphatic carbocycles. The summed E-state index contributed by atoms with van der Waals surface area (Å²) in [6.07, 6.45) is 4.70. The van der Waals surface area contributed by atoms with E-state index in [0.717, 1.165) is 30.7 Å². The summed E-state index contributed by atoms with van der Waals surface area (Å²) in [5.41, 5.74) is 3.97. The number of piperazine rings is 1. The zero-order valence-electron chi connectivity index (χ0n) is 21.8. The molecule has 2 heterocycles. The topological polar surface area (TPSA) is 79.8 Å². The molecule has 1 amide bonds. The molecule has 1 aliphatic rings. The summed E-state index contributed by atoms with van der Waals surface area (Å²) >= 11 is 0. The highest BCUT2D eigenvalue weighted by atomic mass is 32.2. The number of amides is 1. The summed E-state index contributed by atoms with van der Waals surface area (Å²) in [6.45, 7) is 6.33. The largest absolute Gasteiger partial charge is 0.495 e. The summed E-state index contributed by atoms with van der Waals surface area (Å²) in [6, 6.07) is 17.0. The molecule has 0 bridgehead atoms. The number of hydrogen-bond donors (Lipinski definition) is 0. The van der Waals surface area contributed by atoms with Gasteiger partial charge in [0.2, 0.25) is 0 Å². The van der Waals surface area contributed by atoms with Crippen molar-refractivity contribution in [3.05, 3.63) is 83.0 Å². The molecule has 0 N–H and O–H groups in total. The first-order chi connectivity index (χ1) is 17.8. The van der Waals surface area contributed by atoms with E-state index < -0.39 is 9.84 Å². The maximum atomic E-state index is 13.4. The maximum Gasteiger partial charge on any atom is 0.254 e. The number of aromatic nitrogens is 1. The molecule has 1 aliphatic heterocycles. The van der Waals surface area contributed by atoms with E-state index in [4.69, 9.17) is 4.74 Å². The fourth-order valence-electron chi connectivity index (χ4n) is 4.59. The summed E-state index contributed by atoms with van der Waals surface area (Å²) in [5, 5.41) is -0.0656. The van der Waals surface area contributed by atoms with E-state index in [2.05, 4.69) is 16.8 Å². The van der Waals surface area contributed by atoms with Gasteiger partial charge in [0.05, 0.1) is 18.6 Å². The molecule has 1 saturated heterocycles. The van der Waals surface area contributed by atoms with Gasteiger partial charge in [0.25, 0.3) is 5.91 Å². The third-order valence-electron chi connectivity index (χ3n) is 6.82. The lowest BCUT2D eigenvalue weighted by Crippen LogP contribution is -2.49. The molecule has 2 aromatic carbocycles. The van der Waals surface area contributed by atoms with Crippen LogP contribution in [-0.4, -0.2) is 57.5 Å². The van der Waals surface area contributed by atoms with Crippen LogP contribution in [0.5, 0.6) is 5.75 Å². The number of unbranched alkanes of at least 4 members (excludes halogenated alkanes) is 1. The molecule has 0 saturated carbocycles. The number of ether oxygens (including phenoxy) is 1. The van der Waals surface area contributed by atoms with Gasteiger partial charge in [-0.25, -0.2) is 13.4 Å². The van der Waals surface area contributed by atoms with Crippen LogP contribution in [-0.2, 0) is 22.0 Å². The van der Waals surface area contributed by atoms with Crippen molar-refractivity contribution in [1.82, 2.24) is 9.88 Å². The normalized spacial score (nSPS) is 14.0. The van der Waals surface area contributed by atoms with Crippen LogP contribution in [0.25, 0.3) is 0 Å². The molecule has 1 fully saturated rings. The van der Waals surface area contributed by atoms with Crippen LogP contribution >= 0.6 is 0 Å². The molecular formula is C29H35N3O4S. The predicted molar refractivity (Wildman–Crippen MR) is 146 cm³/mol. The van der Waals surface area contributed by atoms with Crippen LogP contribution < -0.4 is 9.64 Å². The van der Waals surface area contributed by atoms with Crippen molar-refractivity contribution in [2.75, 3.05) is 38.2 Å². The number of aryl methyl sites for hydroxylation is 2. The van der Waals surface area contributed by atoms with Crippen molar-refractivity contribution in [1.29, 1.82) is 0 Å². The van der Waals surface area contributed by atoms with Gasteiger partial charge in [0.15, 0.2) is 14.9 Å². The molecular weight excluding hydrogens is 486 g/mol. The lowest BCUT2D eigenvalue weighted by molar-refractivity contribution is 0.0745. The number of para-hydroxylation sites is 2. The van der Waals surface area contributed by atoms with Gasteiger partial charge >= 0.3 is 0 Å². The van der Waals surface area contributed by atoms with Crippen molar-refractivity contribution in [2.45, 2.75) is 43.9 Å².